The van der Waals surface area contributed by atoms with Gasteiger partial charge in [-0.2, -0.15) is 0 Å². The molecule has 37 heavy (non-hydrogen) atoms. The van der Waals surface area contributed by atoms with Crippen LogP contribution in [0.15, 0.2) is 36.1 Å². The van der Waals surface area contributed by atoms with Gasteiger partial charge in [-0.1, -0.05) is 58.8 Å². The van der Waals surface area contributed by atoms with Crippen LogP contribution in [0, 0.1) is 34.5 Å². The van der Waals surface area contributed by atoms with E-state index in [0.717, 1.165) is 51.4 Å². The number of aliphatic hydroxyl groups is 3. The standard InChI is InChI=1S/C27H38O4.C4H10O2/c1-5-6-7-17(2)31-16-24(30)22-11-10-21-20-9-8-18-14-19(28)12-13-26(18,3)25(20)23(29)15-27(21,22)4;1-2-3-4(5)6/h12-14,20-23,25,29H,2,5-11,15-16H2,1,3-4H3;4-6H,2-3H2,1H3. The number of aliphatic hydroxyl groups excluding tert-OH is 2. The highest BCUT2D eigenvalue weighted by molar-refractivity contribution is 6.01. The van der Waals surface area contributed by atoms with Gasteiger partial charge in [0.05, 0.1) is 11.9 Å². The Morgan fingerprint density at radius 3 is 2.54 bits per heavy atom. The van der Waals surface area contributed by atoms with E-state index in [1.807, 2.05) is 13.0 Å². The highest BCUT2D eigenvalue weighted by atomic mass is 16.5. The average molecular weight is 517 g/mol. The monoisotopic (exact) mass is 516 g/mol. The molecule has 4 rings (SSSR count). The van der Waals surface area contributed by atoms with E-state index in [1.165, 1.54) is 5.57 Å². The van der Waals surface area contributed by atoms with Gasteiger partial charge in [-0.05, 0) is 74.3 Å². The second kappa shape index (κ2) is 12.4. The number of ketones is 2. The van der Waals surface area contributed by atoms with E-state index in [9.17, 15) is 14.7 Å². The maximum Gasteiger partial charge on any atom is 0.178 e. The van der Waals surface area contributed by atoms with Gasteiger partial charge >= 0.3 is 0 Å². The molecular formula is C31H48O6. The molecule has 0 heterocycles. The second-order valence-electron chi connectivity index (χ2n) is 12.1. The highest BCUT2D eigenvalue weighted by Gasteiger charge is 2.62. The van der Waals surface area contributed by atoms with E-state index < -0.39 is 12.4 Å². The molecular weight excluding hydrogens is 468 g/mol. The Labute approximate surface area is 222 Å². The van der Waals surface area contributed by atoms with E-state index in [4.69, 9.17) is 14.9 Å². The molecule has 3 N–H and O–H groups in total. The van der Waals surface area contributed by atoms with Crippen molar-refractivity contribution in [2.24, 2.45) is 34.5 Å². The minimum Gasteiger partial charge on any atom is -0.491 e. The lowest BCUT2D eigenvalue weighted by molar-refractivity contribution is -0.141. The van der Waals surface area contributed by atoms with Gasteiger partial charge in [0.1, 0.15) is 6.61 Å². The van der Waals surface area contributed by atoms with Crippen molar-refractivity contribution >= 4 is 11.6 Å². The van der Waals surface area contributed by atoms with Crippen LogP contribution in [0.25, 0.3) is 0 Å². The van der Waals surface area contributed by atoms with E-state index in [1.54, 1.807) is 12.2 Å². The summed E-state index contributed by atoms with van der Waals surface area (Å²) in [5.74, 6) is 1.81. The first kappa shape index (κ1) is 29.8. The Hall–Kier alpha value is -1.76. The predicted molar refractivity (Wildman–Crippen MR) is 144 cm³/mol. The van der Waals surface area contributed by atoms with E-state index >= 15 is 0 Å². The van der Waals surface area contributed by atoms with Gasteiger partial charge in [0.15, 0.2) is 17.9 Å². The summed E-state index contributed by atoms with van der Waals surface area (Å²) in [4.78, 5) is 25.1. The SMILES string of the molecule is C=C(CCCC)OCC(=O)C1CCC2C3CCC4=CC(=O)C=CC4(C)C3C(O)CC12C.CCCC(O)O. The maximum absolute atomic E-state index is 13.2. The zero-order chi connectivity index (χ0) is 27.4. The zero-order valence-corrected chi connectivity index (χ0v) is 23.2. The lowest BCUT2D eigenvalue weighted by Gasteiger charge is -2.58. The normalized spacial score (nSPS) is 36.1. The fraction of sp³-hybridized carbons (Fsp3) is 0.742. The van der Waals surface area contributed by atoms with Crippen LogP contribution in [-0.4, -0.2) is 45.9 Å². The molecule has 0 aromatic rings. The molecule has 6 heteroatoms. The van der Waals surface area contributed by atoms with Crippen molar-refractivity contribution in [1.82, 2.24) is 0 Å². The summed E-state index contributed by atoms with van der Waals surface area (Å²) in [5.41, 5.74) is 0.741. The summed E-state index contributed by atoms with van der Waals surface area (Å²) in [7, 11) is 0. The van der Waals surface area contributed by atoms with Gasteiger partial charge in [-0.15, -0.1) is 0 Å². The smallest absolute Gasteiger partial charge is 0.178 e. The average Bonchev–Trinajstić information content (AvgIpc) is 3.18. The molecule has 208 valence electrons. The molecule has 6 nitrogen and oxygen atoms in total. The number of ether oxygens (including phenoxy) is 1. The minimum atomic E-state index is -1.10. The van der Waals surface area contributed by atoms with Gasteiger partial charge < -0.3 is 20.1 Å². The van der Waals surface area contributed by atoms with E-state index in [-0.39, 0.29) is 40.8 Å². The summed E-state index contributed by atoms with van der Waals surface area (Å²) in [6.45, 7) is 12.5. The van der Waals surface area contributed by atoms with Crippen LogP contribution in [0.3, 0.4) is 0 Å². The second-order valence-corrected chi connectivity index (χ2v) is 12.1. The predicted octanol–water partition coefficient (Wildman–Crippen LogP) is 5.27. The molecule has 0 spiro atoms. The first-order valence-corrected chi connectivity index (χ1v) is 14.3. The lowest BCUT2D eigenvalue weighted by atomic mass is 9.46. The summed E-state index contributed by atoms with van der Waals surface area (Å²) < 4.78 is 5.72. The maximum atomic E-state index is 13.2. The Morgan fingerprint density at radius 1 is 1.19 bits per heavy atom. The Morgan fingerprint density at radius 2 is 1.92 bits per heavy atom. The summed E-state index contributed by atoms with van der Waals surface area (Å²) in [6.07, 6.45) is 12.7. The number of hydrogen-bond donors (Lipinski definition) is 3. The van der Waals surface area contributed by atoms with Crippen molar-refractivity contribution < 1.29 is 29.6 Å². The number of carbonyl (C=O) groups excluding carboxylic acids is 2. The van der Waals surface area contributed by atoms with Crippen LogP contribution in [0.1, 0.15) is 91.9 Å². The van der Waals surface area contributed by atoms with Gasteiger partial charge in [0.25, 0.3) is 0 Å². The number of Topliss-reactive ketones (excluding diaryl/α,β-unsaturated/α-hetero) is 1. The molecule has 0 bridgehead atoms. The Balaban J connectivity index is 0.000000568. The van der Waals surface area contributed by atoms with Crippen LogP contribution in [0.5, 0.6) is 0 Å². The first-order valence-electron chi connectivity index (χ1n) is 14.3. The topological polar surface area (TPSA) is 104 Å². The summed E-state index contributed by atoms with van der Waals surface area (Å²) in [5, 5.41) is 27.6. The van der Waals surface area contributed by atoms with Crippen molar-refractivity contribution in [2.45, 2.75) is 104 Å². The summed E-state index contributed by atoms with van der Waals surface area (Å²) in [6, 6.07) is 0. The lowest BCUT2D eigenvalue weighted by Crippen LogP contribution is -2.56. The molecule has 4 aliphatic rings. The minimum absolute atomic E-state index is 0.0553. The molecule has 0 aliphatic heterocycles. The Kier molecular flexibility index (Phi) is 9.98. The van der Waals surface area contributed by atoms with Crippen LogP contribution >= 0.6 is 0 Å². The number of hydrogen-bond acceptors (Lipinski definition) is 6. The third-order valence-electron chi connectivity index (χ3n) is 9.66. The van der Waals surface area contributed by atoms with Crippen LogP contribution in [-0.2, 0) is 14.3 Å². The number of allylic oxidation sites excluding steroid dienone is 5. The van der Waals surface area contributed by atoms with Crippen molar-refractivity contribution in [1.29, 1.82) is 0 Å². The van der Waals surface area contributed by atoms with Crippen LogP contribution in [0.4, 0.5) is 0 Å². The third-order valence-corrected chi connectivity index (χ3v) is 9.66. The van der Waals surface area contributed by atoms with Crippen molar-refractivity contribution in [3.8, 4) is 0 Å². The first-order chi connectivity index (χ1) is 17.5. The van der Waals surface area contributed by atoms with Gasteiger partial charge in [0, 0.05) is 23.7 Å². The number of rotatable bonds is 9. The molecule has 7 unspecified atom stereocenters. The highest BCUT2D eigenvalue weighted by Crippen LogP contribution is 2.66. The van der Waals surface area contributed by atoms with E-state index in [0.29, 0.717) is 30.4 Å². The van der Waals surface area contributed by atoms with Crippen molar-refractivity contribution in [3.63, 3.8) is 0 Å². The molecule has 0 saturated heterocycles. The molecule has 0 aromatic heterocycles. The fourth-order valence-electron chi connectivity index (χ4n) is 7.83. The molecule has 7 atom stereocenters. The van der Waals surface area contributed by atoms with Gasteiger partial charge in [-0.3, -0.25) is 9.59 Å². The van der Waals surface area contributed by atoms with Crippen molar-refractivity contribution in [3.05, 3.63) is 36.1 Å². The molecule has 0 radical (unpaired) electrons. The van der Waals surface area contributed by atoms with Crippen molar-refractivity contribution in [2.75, 3.05) is 6.61 Å². The third kappa shape index (κ3) is 6.29. The fourth-order valence-corrected chi connectivity index (χ4v) is 7.83. The number of unbranched alkanes of at least 4 members (excludes halogenated alkanes) is 1. The van der Waals surface area contributed by atoms with Gasteiger partial charge in [-0.25, -0.2) is 0 Å². The quantitative estimate of drug-likeness (QED) is 0.285. The molecule has 0 aromatic carbocycles. The number of fused-ring (bicyclic) bond motifs is 5. The molecule has 3 saturated carbocycles. The largest absolute Gasteiger partial charge is 0.491 e. The zero-order valence-electron chi connectivity index (χ0n) is 23.2. The van der Waals surface area contributed by atoms with E-state index in [2.05, 4.69) is 27.4 Å². The van der Waals surface area contributed by atoms with Crippen LogP contribution in [0.2, 0.25) is 0 Å². The molecule has 0 amide bonds. The van der Waals surface area contributed by atoms with Crippen LogP contribution < -0.4 is 0 Å². The summed E-state index contributed by atoms with van der Waals surface area (Å²) >= 11 is 0. The molecule has 4 aliphatic carbocycles. The number of carbonyl (C=O) groups is 2. The Bertz CT molecular complexity index is 903. The molecule has 3 fully saturated rings. The van der Waals surface area contributed by atoms with Gasteiger partial charge in [0.2, 0.25) is 0 Å².